The minimum absolute atomic E-state index is 0.136. The summed E-state index contributed by atoms with van der Waals surface area (Å²) in [5, 5.41) is 0. The number of aromatic amines is 1. The molecule has 0 bridgehead atoms. The molecule has 0 aliphatic carbocycles. The highest BCUT2D eigenvalue weighted by atomic mass is 16.1. The summed E-state index contributed by atoms with van der Waals surface area (Å²) in [5.74, 6) is 0.899. The van der Waals surface area contributed by atoms with Gasteiger partial charge in [-0.1, -0.05) is 0 Å². The second-order valence-corrected chi connectivity index (χ2v) is 2.19. The number of fused-ring (bicyclic) bond motifs is 1. The van der Waals surface area contributed by atoms with E-state index in [-0.39, 0.29) is 5.56 Å². The largest absolute Gasteiger partial charge is 0.384 e. The Kier molecular flexibility index (Phi) is 1.00. The molecule has 0 saturated carbocycles. The molecule has 0 aliphatic heterocycles. The first-order chi connectivity index (χ1) is 5.27. The third kappa shape index (κ3) is 0.778. The highest BCUT2D eigenvalue weighted by Gasteiger charge is 1.97. The molecular weight excluding hydrogens is 144 g/mol. The van der Waals surface area contributed by atoms with Crippen LogP contribution in [-0.2, 0) is 0 Å². The number of rotatable bonds is 0. The predicted octanol–water partition coefficient (Wildman–Crippen LogP) is -0.395. The van der Waals surface area contributed by atoms with Gasteiger partial charge in [0.25, 0.3) is 5.56 Å². The molecule has 0 aliphatic rings. The van der Waals surface area contributed by atoms with Crippen LogP contribution in [0.1, 0.15) is 0 Å². The smallest absolute Gasteiger partial charge is 0.259 e. The zero-order valence-corrected chi connectivity index (χ0v) is 5.61. The summed E-state index contributed by atoms with van der Waals surface area (Å²) in [6, 6.07) is 1.38. The number of hydrogen-bond acceptors (Lipinski definition) is 3. The van der Waals surface area contributed by atoms with Crippen molar-refractivity contribution < 1.29 is 0 Å². The van der Waals surface area contributed by atoms with E-state index < -0.39 is 0 Å². The van der Waals surface area contributed by atoms with Gasteiger partial charge in [0.2, 0.25) is 5.78 Å². The van der Waals surface area contributed by atoms with Gasteiger partial charge in [-0.3, -0.25) is 4.79 Å². The lowest BCUT2D eigenvalue weighted by molar-refractivity contribution is 1.05. The van der Waals surface area contributed by atoms with Crippen LogP contribution >= 0.6 is 0 Å². The number of nitrogen functional groups attached to an aromatic ring is 1. The van der Waals surface area contributed by atoms with E-state index in [1.54, 1.807) is 0 Å². The molecule has 0 radical (unpaired) electrons. The van der Waals surface area contributed by atoms with E-state index in [1.807, 2.05) is 0 Å². The van der Waals surface area contributed by atoms with Crippen molar-refractivity contribution >= 4 is 11.6 Å². The molecule has 0 amide bonds. The van der Waals surface area contributed by atoms with Crippen molar-refractivity contribution in [2.75, 3.05) is 5.73 Å². The molecule has 5 heteroatoms. The first-order valence-electron chi connectivity index (χ1n) is 3.09. The minimum atomic E-state index is -0.136. The fourth-order valence-corrected chi connectivity index (χ4v) is 0.936. The Hall–Kier alpha value is -1.78. The van der Waals surface area contributed by atoms with E-state index in [1.165, 1.54) is 22.9 Å². The molecule has 56 valence electrons. The molecule has 2 rings (SSSR count). The molecule has 2 aromatic heterocycles. The van der Waals surface area contributed by atoms with E-state index >= 15 is 0 Å². The second-order valence-electron chi connectivity index (χ2n) is 2.19. The second kappa shape index (κ2) is 1.85. The Balaban J connectivity index is 3.02. The number of aromatic nitrogens is 3. The van der Waals surface area contributed by atoms with Crippen LogP contribution in [0.4, 0.5) is 5.82 Å². The van der Waals surface area contributed by atoms with Gasteiger partial charge in [-0.2, -0.15) is 0 Å². The SMILES string of the molecule is Nc1cn2c(=O)ccnc2[nH]1. The Morgan fingerprint density at radius 2 is 2.45 bits per heavy atom. The van der Waals surface area contributed by atoms with Gasteiger partial charge in [0, 0.05) is 12.3 Å². The number of nitrogens with one attached hydrogen (secondary N) is 1. The normalized spacial score (nSPS) is 10.5. The van der Waals surface area contributed by atoms with Crippen LogP contribution in [0.2, 0.25) is 0 Å². The number of hydrogen-bond donors (Lipinski definition) is 2. The number of imidazole rings is 1. The topological polar surface area (TPSA) is 76.2 Å². The first kappa shape index (κ1) is 5.96. The molecule has 0 fully saturated rings. The molecule has 0 spiro atoms. The predicted molar refractivity (Wildman–Crippen MR) is 40.2 cm³/mol. The van der Waals surface area contributed by atoms with Gasteiger partial charge in [-0.05, 0) is 0 Å². The Labute approximate surface area is 61.5 Å². The Bertz CT molecular complexity index is 441. The maximum absolute atomic E-state index is 11.0. The molecule has 5 nitrogen and oxygen atoms in total. The third-order valence-electron chi connectivity index (χ3n) is 1.40. The summed E-state index contributed by atoms with van der Waals surface area (Å²) >= 11 is 0. The van der Waals surface area contributed by atoms with E-state index in [0.29, 0.717) is 11.6 Å². The molecule has 0 unspecified atom stereocenters. The van der Waals surface area contributed by atoms with Crippen LogP contribution in [0.25, 0.3) is 5.78 Å². The summed E-state index contributed by atoms with van der Waals surface area (Å²) in [6.45, 7) is 0. The number of anilines is 1. The van der Waals surface area contributed by atoms with Crippen molar-refractivity contribution in [3.05, 3.63) is 28.8 Å². The van der Waals surface area contributed by atoms with Crippen molar-refractivity contribution in [1.29, 1.82) is 0 Å². The minimum Gasteiger partial charge on any atom is -0.384 e. The van der Waals surface area contributed by atoms with Crippen molar-refractivity contribution in [2.45, 2.75) is 0 Å². The molecule has 0 atom stereocenters. The standard InChI is InChI=1S/C6H6N4O/c7-4-3-10-5(11)1-2-8-6(10)9-4/h1-3H,7H2,(H,8,9). The van der Waals surface area contributed by atoms with Gasteiger partial charge in [-0.25, -0.2) is 9.38 Å². The molecule has 2 aromatic rings. The summed E-state index contributed by atoms with van der Waals surface area (Å²) in [4.78, 5) is 17.7. The van der Waals surface area contributed by atoms with E-state index in [9.17, 15) is 4.79 Å². The maximum atomic E-state index is 11.0. The van der Waals surface area contributed by atoms with Crippen molar-refractivity contribution in [1.82, 2.24) is 14.4 Å². The molecule has 0 saturated heterocycles. The lowest BCUT2D eigenvalue weighted by Gasteiger charge is -1.85. The Morgan fingerprint density at radius 3 is 3.18 bits per heavy atom. The molecule has 0 aromatic carbocycles. The average molecular weight is 150 g/mol. The van der Waals surface area contributed by atoms with Crippen LogP contribution in [0.3, 0.4) is 0 Å². The highest BCUT2D eigenvalue weighted by molar-refractivity contribution is 5.39. The molecular formula is C6H6N4O. The molecule has 3 N–H and O–H groups in total. The Morgan fingerprint density at radius 1 is 1.64 bits per heavy atom. The highest BCUT2D eigenvalue weighted by Crippen LogP contribution is 1.97. The van der Waals surface area contributed by atoms with Gasteiger partial charge in [-0.15, -0.1) is 0 Å². The number of H-pyrrole nitrogens is 1. The fraction of sp³-hybridized carbons (Fsp3) is 0. The zero-order valence-electron chi connectivity index (χ0n) is 5.61. The van der Waals surface area contributed by atoms with Gasteiger partial charge in [0.15, 0.2) is 0 Å². The monoisotopic (exact) mass is 150 g/mol. The van der Waals surface area contributed by atoms with Crippen LogP contribution in [0.15, 0.2) is 23.3 Å². The first-order valence-corrected chi connectivity index (χ1v) is 3.09. The molecule has 2 heterocycles. The van der Waals surface area contributed by atoms with Gasteiger partial charge >= 0.3 is 0 Å². The van der Waals surface area contributed by atoms with Crippen molar-refractivity contribution in [2.24, 2.45) is 0 Å². The third-order valence-corrected chi connectivity index (χ3v) is 1.40. The quantitative estimate of drug-likeness (QED) is 0.536. The summed E-state index contributed by atoms with van der Waals surface area (Å²) < 4.78 is 1.36. The summed E-state index contributed by atoms with van der Waals surface area (Å²) in [7, 11) is 0. The van der Waals surface area contributed by atoms with Gasteiger partial charge in [0.05, 0.1) is 6.20 Å². The van der Waals surface area contributed by atoms with Crippen LogP contribution in [-0.4, -0.2) is 14.4 Å². The van der Waals surface area contributed by atoms with Crippen LogP contribution in [0.5, 0.6) is 0 Å². The summed E-state index contributed by atoms with van der Waals surface area (Å²) in [5.41, 5.74) is 5.27. The lowest BCUT2D eigenvalue weighted by Crippen LogP contribution is -2.09. The number of nitrogens with zero attached hydrogens (tertiary/aromatic N) is 2. The lowest BCUT2D eigenvalue weighted by atomic mass is 10.6. The van der Waals surface area contributed by atoms with Crippen LogP contribution < -0.4 is 11.3 Å². The van der Waals surface area contributed by atoms with Crippen molar-refractivity contribution in [3.63, 3.8) is 0 Å². The van der Waals surface area contributed by atoms with E-state index in [0.717, 1.165) is 0 Å². The maximum Gasteiger partial charge on any atom is 0.259 e. The van der Waals surface area contributed by atoms with Gasteiger partial charge in [0.1, 0.15) is 5.82 Å². The zero-order chi connectivity index (χ0) is 7.84. The fourth-order valence-electron chi connectivity index (χ4n) is 0.936. The van der Waals surface area contributed by atoms with E-state index in [4.69, 9.17) is 5.73 Å². The van der Waals surface area contributed by atoms with Crippen LogP contribution in [0, 0.1) is 0 Å². The van der Waals surface area contributed by atoms with Crippen molar-refractivity contribution in [3.8, 4) is 0 Å². The van der Waals surface area contributed by atoms with E-state index in [2.05, 4.69) is 9.97 Å². The summed E-state index contributed by atoms with van der Waals surface area (Å²) in [6.07, 6.45) is 2.94. The number of nitrogens with two attached hydrogens (primary N) is 1. The molecule has 11 heavy (non-hydrogen) atoms. The van der Waals surface area contributed by atoms with Gasteiger partial charge < -0.3 is 10.7 Å². The average Bonchev–Trinajstić information content (AvgIpc) is 2.31.